The van der Waals surface area contributed by atoms with Gasteiger partial charge in [-0.05, 0) is 56.4 Å². The van der Waals surface area contributed by atoms with Gasteiger partial charge in [0.05, 0.1) is 47.6 Å². The van der Waals surface area contributed by atoms with Crippen molar-refractivity contribution in [2.75, 3.05) is 24.8 Å². The van der Waals surface area contributed by atoms with E-state index in [9.17, 15) is 22.8 Å². The van der Waals surface area contributed by atoms with Gasteiger partial charge < -0.3 is 14.8 Å². The molecule has 9 nitrogen and oxygen atoms in total. The van der Waals surface area contributed by atoms with E-state index in [2.05, 4.69) is 5.32 Å². The van der Waals surface area contributed by atoms with E-state index in [1.165, 1.54) is 7.11 Å². The zero-order valence-corrected chi connectivity index (χ0v) is 23.3. The van der Waals surface area contributed by atoms with Gasteiger partial charge in [-0.25, -0.2) is 12.8 Å². The van der Waals surface area contributed by atoms with Crippen molar-refractivity contribution in [3.63, 3.8) is 0 Å². The first-order valence-corrected chi connectivity index (χ1v) is 14.8. The maximum absolute atomic E-state index is 15.1. The predicted molar refractivity (Wildman–Crippen MR) is 144 cm³/mol. The van der Waals surface area contributed by atoms with Gasteiger partial charge in [0.15, 0.2) is 21.3 Å². The Bertz CT molecular complexity index is 1420. The normalized spacial score (nSPS) is 15.8. The first kappa shape index (κ1) is 28.5. The van der Waals surface area contributed by atoms with E-state index >= 15 is 4.39 Å². The Balaban J connectivity index is 1.87. The fraction of sp³-hybridized carbons (Fsp3) is 0.464. The van der Waals surface area contributed by atoms with Crippen molar-refractivity contribution in [2.24, 2.45) is 0 Å². The van der Waals surface area contributed by atoms with Gasteiger partial charge in [-0.1, -0.05) is 19.9 Å². The number of nitrogens with zero attached hydrogens (tertiary/aromatic N) is 1. The number of rotatable bonds is 12. The summed E-state index contributed by atoms with van der Waals surface area (Å²) >= 11 is 0. The highest BCUT2D eigenvalue weighted by molar-refractivity contribution is 7.92. The van der Waals surface area contributed by atoms with Crippen LogP contribution in [-0.2, 0) is 21.1 Å². The summed E-state index contributed by atoms with van der Waals surface area (Å²) in [6.07, 6.45) is 1.83. The SMILES string of the molecule is CCCC(=O)Nc1cc(F)c(CC)c2c1C(=O)N([C@H](CS(=O)(=O)C1CC1)c1ccc(OC)c(OCC)c1)C2=O. The van der Waals surface area contributed by atoms with Crippen molar-refractivity contribution < 1.29 is 36.7 Å². The van der Waals surface area contributed by atoms with Crippen molar-refractivity contribution in [3.8, 4) is 11.5 Å². The predicted octanol–water partition coefficient (Wildman–Crippen LogP) is 4.45. The number of halogens is 1. The minimum absolute atomic E-state index is 0.0351. The molecule has 2 aromatic rings. The second-order valence-corrected chi connectivity index (χ2v) is 12.0. The van der Waals surface area contributed by atoms with Crippen LogP contribution < -0.4 is 14.8 Å². The van der Waals surface area contributed by atoms with E-state index in [0.717, 1.165) is 11.0 Å². The van der Waals surface area contributed by atoms with E-state index < -0.39 is 50.4 Å². The molecule has 1 aliphatic heterocycles. The Kier molecular flexibility index (Phi) is 8.29. The van der Waals surface area contributed by atoms with Gasteiger partial charge in [0, 0.05) is 12.0 Å². The van der Waals surface area contributed by atoms with Crippen molar-refractivity contribution in [2.45, 2.75) is 64.2 Å². The fourth-order valence-corrected chi connectivity index (χ4v) is 6.83. The molecule has 11 heteroatoms. The number of amides is 3. The number of sulfone groups is 1. The van der Waals surface area contributed by atoms with Gasteiger partial charge in [0.1, 0.15) is 5.82 Å². The number of benzene rings is 2. The number of fused-ring (bicyclic) bond motifs is 1. The van der Waals surface area contributed by atoms with E-state index in [1.807, 2.05) is 0 Å². The summed E-state index contributed by atoms with van der Waals surface area (Å²) in [5, 5.41) is 2.03. The van der Waals surface area contributed by atoms with E-state index in [4.69, 9.17) is 9.47 Å². The first-order chi connectivity index (χ1) is 18.6. The van der Waals surface area contributed by atoms with Crippen LogP contribution in [0.3, 0.4) is 0 Å². The molecule has 0 unspecified atom stereocenters. The van der Waals surface area contributed by atoms with Gasteiger partial charge >= 0.3 is 0 Å². The number of carbonyl (C=O) groups is 3. The van der Waals surface area contributed by atoms with Crippen LogP contribution in [0.25, 0.3) is 0 Å². The van der Waals surface area contributed by atoms with Crippen LogP contribution in [-0.4, -0.2) is 55.8 Å². The highest BCUT2D eigenvalue weighted by Crippen LogP contribution is 2.42. The van der Waals surface area contributed by atoms with Crippen LogP contribution in [0.1, 0.15) is 84.3 Å². The lowest BCUT2D eigenvalue weighted by Crippen LogP contribution is -2.38. The number of hydrogen-bond acceptors (Lipinski definition) is 7. The molecule has 0 bridgehead atoms. The Morgan fingerprint density at radius 1 is 1.10 bits per heavy atom. The van der Waals surface area contributed by atoms with Gasteiger partial charge in [-0.3, -0.25) is 19.3 Å². The Morgan fingerprint density at radius 2 is 1.79 bits per heavy atom. The monoisotopic (exact) mass is 560 g/mol. The Morgan fingerprint density at radius 3 is 2.38 bits per heavy atom. The minimum atomic E-state index is -3.67. The van der Waals surface area contributed by atoms with E-state index in [1.54, 1.807) is 39.0 Å². The maximum atomic E-state index is 15.1. The quantitative estimate of drug-likeness (QED) is 0.381. The summed E-state index contributed by atoms with van der Waals surface area (Å²) in [6.45, 7) is 5.54. The van der Waals surface area contributed by atoms with Gasteiger partial charge in [0.2, 0.25) is 5.91 Å². The van der Waals surface area contributed by atoms with Crippen LogP contribution in [0.15, 0.2) is 24.3 Å². The largest absolute Gasteiger partial charge is 0.493 e. The summed E-state index contributed by atoms with van der Waals surface area (Å²) in [7, 11) is -2.20. The number of nitrogens with one attached hydrogen (secondary N) is 1. The molecule has 210 valence electrons. The topological polar surface area (TPSA) is 119 Å². The Hall–Kier alpha value is -3.47. The summed E-state index contributed by atoms with van der Waals surface area (Å²) in [4.78, 5) is 41.1. The zero-order valence-electron chi connectivity index (χ0n) is 22.5. The summed E-state index contributed by atoms with van der Waals surface area (Å²) in [5.74, 6) is -2.51. The third-order valence-corrected chi connectivity index (χ3v) is 9.22. The number of anilines is 1. The van der Waals surface area contributed by atoms with Crippen LogP contribution in [0.4, 0.5) is 10.1 Å². The molecule has 3 amide bonds. The second kappa shape index (κ2) is 11.3. The van der Waals surface area contributed by atoms with Gasteiger partial charge in [-0.2, -0.15) is 0 Å². The fourth-order valence-electron chi connectivity index (χ4n) is 4.92. The second-order valence-electron chi connectivity index (χ2n) is 9.65. The molecule has 4 rings (SSSR count). The van der Waals surface area contributed by atoms with E-state index in [-0.39, 0.29) is 35.2 Å². The van der Waals surface area contributed by atoms with Crippen LogP contribution in [0.5, 0.6) is 11.5 Å². The first-order valence-electron chi connectivity index (χ1n) is 13.1. The van der Waals surface area contributed by atoms with Crippen molar-refractivity contribution >= 4 is 33.2 Å². The smallest absolute Gasteiger partial charge is 0.264 e. The molecule has 1 heterocycles. The van der Waals surface area contributed by atoms with E-state index in [0.29, 0.717) is 42.9 Å². The molecular formula is C28H33FN2O7S. The lowest BCUT2D eigenvalue weighted by molar-refractivity contribution is -0.116. The van der Waals surface area contributed by atoms with Crippen LogP contribution >= 0.6 is 0 Å². The molecule has 1 aliphatic carbocycles. The zero-order chi connectivity index (χ0) is 28.5. The van der Waals surface area contributed by atoms with Crippen LogP contribution in [0.2, 0.25) is 0 Å². The molecule has 2 aromatic carbocycles. The molecule has 0 saturated heterocycles. The maximum Gasteiger partial charge on any atom is 0.264 e. The van der Waals surface area contributed by atoms with Crippen molar-refractivity contribution in [3.05, 3.63) is 52.3 Å². The standard InChI is InChI=1S/C28H33FN2O7S/c1-5-8-24(32)30-20-14-19(29)18(6-2)25-26(20)28(34)31(27(25)33)21(15-39(35,36)17-10-11-17)16-9-12-22(37-4)23(13-16)38-7-3/h9,12-14,17,21H,5-8,10-11,15H2,1-4H3,(H,30,32)/t21-/m1/s1. The molecule has 2 aliphatic rings. The minimum Gasteiger partial charge on any atom is -0.493 e. The average Bonchev–Trinajstić information content (AvgIpc) is 3.71. The molecule has 39 heavy (non-hydrogen) atoms. The lowest BCUT2D eigenvalue weighted by atomic mass is 9.98. The van der Waals surface area contributed by atoms with Crippen LogP contribution in [0, 0.1) is 5.82 Å². The molecule has 1 N–H and O–H groups in total. The third-order valence-electron chi connectivity index (χ3n) is 6.96. The molecule has 1 saturated carbocycles. The third kappa shape index (κ3) is 5.50. The molecule has 1 fully saturated rings. The van der Waals surface area contributed by atoms with Crippen molar-refractivity contribution in [1.29, 1.82) is 0 Å². The average molecular weight is 561 g/mol. The molecule has 1 atom stereocenters. The number of imide groups is 1. The summed E-state index contributed by atoms with van der Waals surface area (Å²) in [6, 6.07) is 4.58. The number of hydrogen-bond donors (Lipinski definition) is 1. The molecular weight excluding hydrogens is 527 g/mol. The number of carbonyl (C=O) groups excluding carboxylic acids is 3. The summed E-state index contributed by atoms with van der Waals surface area (Å²) < 4.78 is 52.5. The highest BCUT2D eigenvalue weighted by atomic mass is 32.2. The number of methoxy groups -OCH3 is 1. The van der Waals surface area contributed by atoms with Gasteiger partial charge in [-0.15, -0.1) is 0 Å². The molecule has 0 radical (unpaired) electrons. The highest BCUT2D eigenvalue weighted by Gasteiger charge is 2.47. The lowest BCUT2D eigenvalue weighted by Gasteiger charge is -2.27. The summed E-state index contributed by atoms with van der Waals surface area (Å²) in [5.41, 5.74) is 0.00483. The molecule has 0 spiro atoms. The van der Waals surface area contributed by atoms with Gasteiger partial charge in [0.25, 0.3) is 11.8 Å². The van der Waals surface area contributed by atoms with Crippen molar-refractivity contribution in [1.82, 2.24) is 4.90 Å². The number of ether oxygens (including phenoxy) is 2. The molecule has 0 aromatic heterocycles. The Labute approximate surface area is 227 Å².